The number of carboxylic acid groups (broad SMARTS) is 1. The molecule has 0 saturated heterocycles. The number of benzene rings is 1. The summed E-state index contributed by atoms with van der Waals surface area (Å²) < 4.78 is 5.18. The topological polar surface area (TPSA) is 88.5 Å². The number of ether oxygens (including phenoxy) is 1. The first-order chi connectivity index (χ1) is 10.1. The number of aromatic carboxylic acids is 1. The average molecular weight is 286 g/mol. The van der Waals surface area contributed by atoms with Crippen LogP contribution in [0.3, 0.4) is 0 Å². The highest BCUT2D eigenvalue weighted by molar-refractivity contribution is 5.92. The van der Waals surface area contributed by atoms with Crippen LogP contribution in [-0.4, -0.2) is 29.1 Å². The molecule has 1 aromatic carbocycles. The lowest BCUT2D eigenvalue weighted by molar-refractivity contribution is -0.115. The lowest BCUT2D eigenvalue weighted by Gasteiger charge is -2.08. The summed E-state index contributed by atoms with van der Waals surface area (Å²) in [5.41, 5.74) is 0.831. The Kier molecular flexibility index (Phi) is 4.50. The van der Waals surface area contributed by atoms with Gasteiger partial charge in [0.15, 0.2) is 0 Å². The molecule has 0 radical (unpaired) electrons. The Balaban J connectivity index is 2.03. The Morgan fingerprint density at radius 3 is 2.62 bits per heavy atom. The molecule has 0 atom stereocenters. The standard InChI is InChI=1S/C15H14N2O4/c1-21-12-5-3-2-4-10(12)8-14(18)17-13-7-6-11(9-16-13)15(19)20/h2-7,9H,8H2,1H3,(H,19,20)(H,16,17,18). The first-order valence-corrected chi connectivity index (χ1v) is 6.21. The van der Waals surface area contributed by atoms with Gasteiger partial charge in [-0.15, -0.1) is 0 Å². The lowest BCUT2D eigenvalue weighted by Crippen LogP contribution is -2.16. The van der Waals surface area contributed by atoms with Gasteiger partial charge in [-0.2, -0.15) is 0 Å². The second kappa shape index (κ2) is 6.51. The van der Waals surface area contributed by atoms with Gasteiger partial charge in [0.05, 0.1) is 19.1 Å². The number of aromatic nitrogens is 1. The molecule has 0 fully saturated rings. The molecule has 0 bridgehead atoms. The highest BCUT2D eigenvalue weighted by atomic mass is 16.5. The molecule has 0 aliphatic carbocycles. The van der Waals surface area contributed by atoms with Crippen molar-refractivity contribution in [3.63, 3.8) is 0 Å². The number of hydrogen-bond donors (Lipinski definition) is 2. The summed E-state index contributed by atoms with van der Waals surface area (Å²) >= 11 is 0. The summed E-state index contributed by atoms with van der Waals surface area (Å²) in [6.45, 7) is 0. The van der Waals surface area contributed by atoms with Gasteiger partial charge in [-0.25, -0.2) is 9.78 Å². The number of amides is 1. The second-order valence-corrected chi connectivity index (χ2v) is 4.27. The van der Waals surface area contributed by atoms with Crippen molar-refractivity contribution < 1.29 is 19.4 Å². The van der Waals surface area contributed by atoms with E-state index in [1.165, 1.54) is 18.3 Å². The monoisotopic (exact) mass is 286 g/mol. The van der Waals surface area contributed by atoms with Crippen molar-refractivity contribution in [1.29, 1.82) is 0 Å². The van der Waals surface area contributed by atoms with Crippen LogP contribution in [0.2, 0.25) is 0 Å². The van der Waals surface area contributed by atoms with Gasteiger partial charge in [0.25, 0.3) is 0 Å². The summed E-state index contributed by atoms with van der Waals surface area (Å²) in [6, 6.07) is 10.1. The quantitative estimate of drug-likeness (QED) is 0.877. The fourth-order valence-corrected chi connectivity index (χ4v) is 1.80. The minimum Gasteiger partial charge on any atom is -0.496 e. The third-order valence-corrected chi connectivity index (χ3v) is 2.82. The van der Waals surface area contributed by atoms with E-state index in [1.54, 1.807) is 19.2 Å². The van der Waals surface area contributed by atoms with Gasteiger partial charge in [-0.05, 0) is 18.2 Å². The first-order valence-electron chi connectivity index (χ1n) is 6.21. The van der Waals surface area contributed by atoms with E-state index in [4.69, 9.17) is 9.84 Å². The van der Waals surface area contributed by atoms with Crippen molar-refractivity contribution in [1.82, 2.24) is 4.98 Å². The van der Waals surface area contributed by atoms with Gasteiger partial charge < -0.3 is 15.2 Å². The highest BCUT2D eigenvalue weighted by Gasteiger charge is 2.09. The fraction of sp³-hybridized carbons (Fsp3) is 0.133. The summed E-state index contributed by atoms with van der Waals surface area (Å²) in [5.74, 6) is -0.369. The predicted molar refractivity (Wildman–Crippen MR) is 76.5 cm³/mol. The summed E-state index contributed by atoms with van der Waals surface area (Å²) in [5, 5.41) is 11.4. The van der Waals surface area contributed by atoms with Gasteiger partial charge in [-0.3, -0.25) is 4.79 Å². The number of rotatable bonds is 5. The number of nitrogens with zero attached hydrogens (tertiary/aromatic N) is 1. The van der Waals surface area contributed by atoms with Gasteiger partial charge in [-0.1, -0.05) is 18.2 Å². The minimum atomic E-state index is -1.06. The second-order valence-electron chi connectivity index (χ2n) is 4.27. The summed E-state index contributed by atoms with van der Waals surface area (Å²) in [4.78, 5) is 26.5. The highest BCUT2D eigenvalue weighted by Crippen LogP contribution is 2.18. The molecule has 0 saturated carbocycles. The molecule has 0 aliphatic rings. The zero-order chi connectivity index (χ0) is 15.2. The third kappa shape index (κ3) is 3.79. The number of pyridine rings is 1. The van der Waals surface area contributed by atoms with Crippen LogP contribution in [0, 0.1) is 0 Å². The Morgan fingerprint density at radius 1 is 1.24 bits per heavy atom. The fourth-order valence-electron chi connectivity index (χ4n) is 1.80. The predicted octanol–water partition coefficient (Wildman–Crippen LogP) is 1.97. The number of anilines is 1. The molecule has 21 heavy (non-hydrogen) atoms. The Bertz CT molecular complexity index is 653. The van der Waals surface area contributed by atoms with Crippen molar-refractivity contribution >= 4 is 17.7 Å². The SMILES string of the molecule is COc1ccccc1CC(=O)Nc1ccc(C(=O)O)cn1. The van der Waals surface area contributed by atoms with Gasteiger partial charge >= 0.3 is 5.97 Å². The third-order valence-electron chi connectivity index (χ3n) is 2.82. The van der Waals surface area contributed by atoms with Crippen LogP contribution in [-0.2, 0) is 11.2 Å². The number of carbonyl (C=O) groups excluding carboxylic acids is 1. The van der Waals surface area contributed by atoms with Crippen LogP contribution in [0.25, 0.3) is 0 Å². The molecule has 1 aromatic heterocycles. The van der Waals surface area contributed by atoms with Crippen molar-refractivity contribution in [2.24, 2.45) is 0 Å². The molecule has 1 amide bonds. The molecule has 1 heterocycles. The molecule has 6 heteroatoms. The van der Waals surface area contributed by atoms with E-state index in [9.17, 15) is 9.59 Å². The number of carboxylic acids is 1. The normalized spacial score (nSPS) is 9.95. The molecule has 108 valence electrons. The van der Waals surface area contributed by atoms with Crippen LogP contribution in [0.1, 0.15) is 15.9 Å². The maximum atomic E-state index is 11.9. The van der Waals surface area contributed by atoms with E-state index in [0.29, 0.717) is 11.6 Å². The number of nitrogens with one attached hydrogen (secondary N) is 1. The zero-order valence-electron chi connectivity index (χ0n) is 11.4. The average Bonchev–Trinajstić information content (AvgIpc) is 2.48. The van der Waals surface area contributed by atoms with Crippen molar-refractivity contribution in [2.45, 2.75) is 6.42 Å². The van der Waals surface area contributed by atoms with Gasteiger partial charge in [0, 0.05) is 11.8 Å². The molecule has 2 rings (SSSR count). The largest absolute Gasteiger partial charge is 0.496 e. The molecule has 2 N–H and O–H groups in total. The van der Waals surface area contributed by atoms with Gasteiger partial charge in [0.2, 0.25) is 5.91 Å². The van der Waals surface area contributed by atoms with Crippen molar-refractivity contribution in [2.75, 3.05) is 12.4 Å². The molecule has 6 nitrogen and oxygen atoms in total. The minimum absolute atomic E-state index is 0.0673. The van der Waals surface area contributed by atoms with E-state index in [1.807, 2.05) is 12.1 Å². The van der Waals surface area contributed by atoms with Crippen LogP contribution >= 0.6 is 0 Å². The van der Waals surface area contributed by atoms with E-state index in [2.05, 4.69) is 10.3 Å². The molecule has 0 unspecified atom stereocenters. The molecular weight excluding hydrogens is 272 g/mol. The summed E-state index contributed by atoms with van der Waals surface area (Å²) in [7, 11) is 1.54. The number of hydrogen-bond acceptors (Lipinski definition) is 4. The summed E-state index contributed by atoms with van der Waals surface area (Å²) in [6.07, 6.45) is 1.34. The molecular formula is C15H14N2O4. The maximum Gasteiger partial charge on any atom is 0.337 e. The van der Waals surface area contributed by atoms with E-state index in [0.717, 1.165) is 5.56 Å². The Hall–Kier alpha value is -2.89. The van der Waals surface area contributed by atoms with E-state index in [-0.39, 0.29) is 17.9 Å². The van der Waals surface area contributed by atoms with E-state index >= 15 is 0 Å². The number of para-hydroxylation sites is 1. The zero-order valence-corrected chi connectivity index (χ0v) is 11.4. The number of carbonyl (C=O) groups is 2. The molecule has 0 aliphatic heterocycles. The van der Waals surface area contributed by atoms with Crippen LogP contribution in [0.5, 0.6) is 5.75 Å². The number of methoxy groups -OCH3 is 1. The van der Waals surface area contributed by atoms with Crippen molar-refractivity contribution in [3.05, 3.63) is 53.7 Å². The van der Waals surface area contributed by atoms with Crippen molar-refractivity contribution in [3.8, 4) is 5.75 Å². The van der Waals surface area contributed by atoms with Crippen LogP contribution < -0.4 is 10.1 Å². The Labute approximate surface area is 121 Å². The molecule has 0 spiro atoms. The van der Waals surface area contributed by atoms with Gasteiger partial charge in [0.1, 0.15) is 11.6 Å². The van der Waals surface area contributed by atoms with E-state index < -0.39 is 5.97 Å². The lowest BCUT2D eigenvalue weighted by atomic mass is 10.1. The maximum absolute atomic E-state index is 11.9. The smallest absolute Gasteiger partial charge is 0.337 e. The Morgan fingerprint density at radius 2 is 2.00 bits per heavy atom. The molecule has 2 aromatic rings. The van der Waals surface area contributed by atoms with Crippen LogP contribution in [0.4, 0.5) is 5.82 Å². The van der Waals surface area contributed by atoms with Crippen LogP contribution in [0.15, 0.2) is 42.6 Å². The first kappa shape index (κ1) is 14.5.